The molecule has 0 radical (unpaired) electrons. The van der Waals surface area contributed by atoms with E-state index in [-0.39, 0.29) is 5.75 Å². The van der Waals surface area contributed by atoms with E-state index in [2.05, 4.69) is 45.7 Å². The fourth-order valence-electron chi connectivity index (χ4n) is 5.10. The van der Waals surface area contributed by atoms with Crippen molar-refractivity contribution in [1.29, 1.82) is 5.26 Å². The normalized spacial score (nSPS) is 25.4. The van der Waals surface area contributed by atoms with Crippen molar-refractivity contribution in [2.45, 2.75) is 43.6 Å². The molecular weight excluding hydrogens is 362 g/mol. The standard InChI is InChI=1S/C23H25N5O/c1-28-10-2-3-17(13-28)25-23-21-16-7-5-15(6-8-16)20(21)22(26-27-23)18-9-4-14(12-24)11-19(18)29/h4-5,7,9,11,15-17,29H,2-3,6,8,10,13H2,1H3,(H,25,27)/t15?,16?,17-/m1/s1. The van der Waals surface area contributed by atoms with Crippen molar-refractivity contribution in [3.05, 3.63) is 47.0 Å². The Bertz CT molecular complexity index is 1020. The van der Waals surface area contributed by atoms with Crippen LogP contribution in [0, 0.1) is 11.3 Å². The second kappa shape index (κ2) is 7.16. The zero-order valence-electron chi connectivity index (χ0n) is 16.6. The molecule has 4 aliphatic rings. The first-order chi connectivity index (χ1) is 14.1. The SMILES string of the molecule is CN1CCC[C@@H](Nc2nnc(-c3ccc(C#N)cc3O)c3c2C2C=CC3CC2)C1. The van der Waals surface area contributed by atoms with E-state index < -0.39 is 0 Å². The van der Waals surface area contributed by atoms with Crippen LogP contribution in [0.25, 0.3) is 11.3 Å². The molecule has 0 saturated carbocycles. The van der Waals surface area contributed by atoms with Gasteiger partial charge in [-0.1, -0.05) is 12.2 Å². The molecule has 1 fully saturated rings. The van der Waals surface area contributed by atoms with Gasteiger partial charge < -0.3 is 15.3 Å². The number of phenols is 1. The van der Waals surface area contributed by atoms with Crippen molar-refractivity contribution in [2.75, 3.05) is 25.5 Å². The number of allylic oxidation sites excluding steroid dienone is 2. The molecule has 29 heavy (non-hydrogen) atoms. The second-order valence-electron chi connectivity index (χ2n) is 8.49. The average Bonchev–Trinajstić information content (AvgIpc) is 2.75. The third-order valence-electron chi connectivity index (χ3n) is 6.50. The van der Waals surface area contributed by atoms with Gasteiger partial charge in [-0.15, -0.1) is 10.2 Å². The number of anilines is 1. The fourth-order valence-corrected chi connectivity index (χ4v) is 5.10. The van der Waals surface area contributed by atoms with E-state index in [1.807, 2.05) is 0 Å². The van der Waals surface area contributed by atoms with Crippen molar-refractivity contribution in [2.24, 2.45) is 0 Å². The number of benzene rings is 1. The minimum atomic E-state index is 0.0839. The number of fused-ring (bicyclic) bond motifs is 1. The maximum atomic E-state index is 10.5. The smallest absolute Gasteiger partial charge is 0.153 e. The van der Waals surface area contributed by atoms with Crippen LogP contribution in [-0.4, -0.2) is 46.4 Å². The Morgan fingerprint density at radius 2 is 1.93 bits per heavy atom. The molecule has 0 amide bonds. The highest BCUT2D eigenvalue weighted by atomic mass is 16.3. The number of piperidine rings is 1. The zero-order chi connectivity index (χ0) is 20.0. The summed E-state index contributed by atoms with van der Waals surface area (Å²) < 4.78 is 0. The van der Waals surface area contributed by atoms with Crippen molar-refractivity contribution in [3.8, 4) is 23.1 Å². The van der Waals surface area contributed by atoms with Gasteiger partial charge in [0.1, 0.15) is 11.4 Å². The zero-order valence-corrected chi connectivity index (χ0v) is 16.6. The summed E-state index contributed by atoms with van der Waals surface area (Å²) in [4.78, 5) is 2.36. The number of hydrogen-bond donors (Lipinski definition) is 2. The van der Waals surface area contributed by atoms with Crippen LogP contribution in [-0.2, 0) is 0 Å². The number of aromatic hydroxyl groups is 1. The second-order valence-corrected chi connectivity index (χ2v) is 8.49. The molecule has 3 aliphatic carbocycles. The van der Waals surface area contributed by atoms with Crippen LogP contribution in [0.15, 0.2) is 30.4 Å². The Kier molecular flexibility index (Phi) is 4.48. The Hall–Kier alpha value is -2.91. The van der Waals surface area contributed by atoms with Gasteiger partial charge in [0.05, 0.1) is 11.6 Å². The minimum absolute atomic E-state index is 0.0839. The van der Waals surface area contributed by atoms with E-state index in [0.29, 0.717) is 29.0 Å². The Labute approximate surface area is 170 Å². The van der Waals surface area contributed by atoms with Gasteiger partial charge in [-0.05, 0) is 63.0 Å². The summed E-state index contributed by atoms with van der Waals surface area (Å²) >= 11 is 0. The van der Waals surface area contributed by atoms with E-state index in [0.717, 1.165) is 43.9 Å². The number of nitrogens with one attached hydrogen (secondary N) is 1. The lowest BCUT2D eigenvalue weighted by Gasteiger charge is -2.37. The largest absolute Gasteiger partial charge is 0.507 e. The van der Waals surface area contributed by atoms with Gasteiger partial charge in [0.2, 0.25) is 0 Å². The van der Waals surface area contributed by atoms with E-state index in [4.69, 9.17) is 5.26 Å². The summed E-state index contributed by atoms with van der Waals surface area (Å²) in [6.07, 6.45) is 9.13. The summed E-state index contributed by atoms with van der Waals surface area (Å²) in [5.41, 5.74) is 4.26. The first kappa shape index (κ1) is 18.1. The Balaban J connectivity index is 1.59. The van der Waals surface area contributed by atoms with Gasteiger partial charge in [-0.3, -0.25) is 0 Å². The molecule has 6 heteroatoms. The van der Waals surface area contributed by atoms with E-state index >= 15 is 0 Å². The maximum Gasteiger partial charge on any atom is 0.153 e. The first-order valence-electron chi connectivity index (χ1n) is 10.4. The molecule has 2 unspecified atom stereocenters. The summed E-state index contributed by atoms with van der Waals surface area (Å²) in [6, 6.07) is 7.47. The number of nitrogens with zero attached hydrogens (tertiary/aromatic N) is 4. The van der Waals surface area contributed by atoms with E-state index in [1.54, 1.807) is 12.1 Å². The number of aromatic nitrogens is 2. The first-order valence-corrected chi connectivity index (χ1v) is 10.4. The highest BCUT2D eigenvalue weighted by Crippen LogP contribution is 2.51. The van der Waals surface area contributed by atoms with Crippen molar-refractivity contribution in [1.82, 2.24) is 15.1 Å². The molecule has 1 aromatic carbocycles. The summed E-state index contributed by atoms with van der Waals surface area (Å²) in [6.45, 7) is 2.16. The number of rotatable bonds is 3. The number of likely N-dealkylation sites (tertiary alicyclic amines) is 1. The number of phenolic OH excluding ortho intramolecular Hbond substituents is 1. The van der Waals surface area contributed by atoms with Gasteiger partial charge in [-0.25, -0.2) is 0 Å². The highest BCUT2D eigenvalue weighted by Gasteiger charge is 2.36. The van der Waals surface area contributed by atoms with Gasteiger partial charge in [0, 0.05) is 35.5 Å². The fraction of sp³-hybridized carbons (Fsp3) is 0.435. The van der Waals surface area contributed by atoms with E-state index in [1.165, 1.54) is 23.6 Å². The molecule has 6 rings (SSSR count). The van der Waals surface area contributed by atoms with Gasteiger partial charge >= 0.3 is 0 Å². The van der Waals surface area contributed by atoms with Crippen molar-refractivity contribution in [3.63, 3.8) is 0 Å². The van der Waals surface area contributed by atoms with Crippen LogP contribution in [0.4, 0.5) is 5.82 Å². The highest BCUT2D eigenvalue weighted by molar-refractivity contribution is 5.76. The molecule has 1 saturated heterocycles. The van der Waals surface area contributed by atoms with Crippen molar-refractivity contribution < 1.29 is 5.11 Å². The molecule has 0 spiro atoms. The Morgan fingerprint density at radius 3 is 2.62 bits per heavy atom. The number of likely N-dealkylation sites (N-methyl/N-ethyl adjacent to an activating group) is 1. The van der Waals surface area contributed by atoms with Crippen LogP contribution in [0.5, 0.6) is 5.75 Å². The predicted octanol–water partition coefficient (Wildman–Crippen LogP) is 3.76. The van der Waals surface area contributed by atoms with Crippen LogP contribution in [0.3, 0.4) is 0 Å². The summed E-state index contributed by atoms with van der Waals surface area (Å²) in [5.74, 6) is 1.62. The summed E-state index contributed by atoms with van der Waals surface area (Å²) in [5, 5.41) is 32.5. The lowest BCUT2D eigenvalue weighted by molar-refractivity contribution is 0.260. The van der Waals surface area contributed by atoms with Crippen molar-refractivity contribution >= 4 is 5.82 Å². The maximum absolute atomic E-state index is 10.5. The molecule has 148 valence electrons. The lowest BCUT2D eigenvalue weighted by atomic mass is 9.70. The van der Waals surface area contributed by atoms with E-state index in [9.17, 15) is 5.11 Å². The minimum Gasteiger partial charge on any atom is -0.507 e. The quantitative estimate of drug-likeness (QED) is 0.780. The summed E-state index contributed by atoms with van der Waals surface area (Å²) in [7, 11) is 2.16. The Morgan fingerprint density at radius 1 is 1.14 bits per heavy atom. The predicted molar refractivity (Wildman–Crippen MR) is 112 cm³/mol. The van der Waals surface area contributed by atoms with Crippen LogP contribution < -0.4 is 5.32 Å². The molecule has 2 aromatic rings. The average molecular weight is 387 g/mol. The number of nitriles is 1. The lowest BCUT2D eigenvalue weighted by Crippen LogP contribution is -2.40. The molecule has 2 bridgehead atoms. The van der Waals surface area contributed by atoms with Crippen LogP contribution in [0.1, 0.15) is 54.2 Å². The molecular formula is C23H25N5O. The topological polar surface area (TPSA) is 85.1 Å². The van der Waals surface area contributed by atoms with Crippen LogP contribution >= 0.6 is 0 Å². The molecule has 3 atom stereocenters. The monoisotopic (exact) mass is 387 g/mol. The third-order valence-corrected chi connectivity index (χ3v) is 6.50. The molecule has 2 N–H and O–H groups in total. The molecule has 1 aromatic heterocycles. The van der Waals surface area contributed by atoms with Gasteiger partial charge in [0.25, 0.3) is 0 Å². The van der Waals surface area contributed by atoms with Gasteiger partial charge in [-0.2, -0.15) is 5.26 Å². The molecule has 6 nitrogen and oxygen atoms in total. The third kappa shape index (κ3) is 3.16. The molecule has 2 heterocycles. The van der Waals surface area contributed by atoms with Crippen LogP contribution in [0.2, 0.25) is 0 Å². The number of hydrogen-bond acceptors (Lipinski definition) is 6. The van der Waals surface area contributed by atoms with Gasteiger partial charge in [0.15, 0.2) is 5.82 Å². The molecule has 1 aliphatic heterocycles.